The maximum absolute atomic E-state index is 12.9. The summed E-state index contributed by atoms with van der Waals surface area (Å²) in [4.78, 5) is 38.3. The summed E-state index contributed by atoms with van der Waals surface area (Å²) in [7, 11) is 0. The van der Waals surface area contributed by atoms with E-state index < -0.39 is 6.10 Å². The molecule has 0 amide bonds. The predicted octanol–water partition coefficient (Wildman–Crippen LogP) is 22.2. The normalized spacial score (nSPS) is 12.8. The van der Waals surface area contributed by atoms with Crippen LogP contribution < -0.4 is 0 Å². The van der Waals surface area contributed by atoms with Crippen LogP contribution in [0.1, 0.15) is 303 Å². The highest BCUT2D eigenvalue weighted by Gasteiger charge is 2.19. The third-order valence-electron chi connectivity index (χ3n) is 13.8. The fourth-order valence-corrected chi connectivity index (χ4v) is 8.92. The second kappa shape index (κ2) is 64.6. The van der Waals surface area contributed by atoms with E-state index in [1.807, 2.05) is 0 Å². The highest BCUT2D eigenvalue weighted by molar-refractivity contribution is 5.71. The predicted molar refractivity (Wildman–Crippen MR) is 334 cm³/mol. The van der Waals surface area contributed by atoms with Gasteiger partial charge in [-0.3, -0.25) is 14.4 Å². The van der Waals surface area contributed by atoms with Crippen LogP contribution in [0.15, 0.2) is 109 Å². The molecule has 0 radical (unpaired) electrons. The number of ether oxygens (including phenoxy) is 3. The first-order valence-corrected chi connectivity index (χ1v) is 32.4. The monoisotopic (exact) mass is 1070 g/mol. The molecule has 6 nitrogen and oxygen atoms in total. The molecule has 0 aliphatic carbocycles. The fourth-order valence-electron chi connectivity index (χ4n) is 8.92. The van der Waals surface area contributed by atoms with Crippen molar-refractivity contribution >= 4 is 17.9 Å². The third kappa shape index (κ3) is 62.8. The number of hydrogen-bond donors (Lipinski definition) is 0. The van der Waals surface area contributed by atoms with Gasteiger partial charge in [0.25, 0.3) is 0 Å². The van der Waals surface area contributed by atoms with Crippen molar-refractivity contribution in [3.8, 4) is 0 Å². The number of esters is 3. The summed E-state index contributed by atoms with van der Waals surface area (Å²) in [5.41, 5.74) is 0. The molecule has 0 aliphatic rings. The topological polar surface area (TPSA) is 78.9 Å². The van der Waals surface area contributed by atoms with Crippen LogP contribution in [0.3, 0.4) is 0 Å². The first-order valence-electron chi connectivity index (χ1n) is 32.4. The van der Waals surface area contributed by atoms with Gasteiger partial charge in [-0.25, -0.2) is 0 Å². The molecule has 1 atom stereocenters. The Balaban J connectivity index is 4.38. The fraction of sp³-hybridized carbons (Fsp3) is 0.704. The van der Waals surface area contributed by atoms with Gasteiger partial charge < -0.3 is 14.2 Å². The van der Waals surface area contributed by atoms with Crippen LogP contribution in [-0.2, 0) is 28.6 Å². The lowest BCUT2D eigenvalue weighted by atomic mass is 10.0. The Kier molecular flexibility index (Phi) is 61.3. The van der Waals surface area contributed by atoms with E-state index in [1.54, 1.807) is 0 Å². The van der Waals surface area contributed by atoms with Gasteiger partial charge in [0, 0.05) is 19.3 Å². The van der Waals surface area contributed by atoms with Crippen LogP contribution in [-0.4, -0.2) is 37.2 Å². The van der Waals surface area contributed by atoms with Crippen molar-refractivity contribution < 1.29 is 28.6 Å². The Bertz CT molecular complexity index is 1560. The zero-order chi connectivity index (χ0) is 55.7. The molecule has 440 valence electrons. The highest BCUT2D eigenvalue weighted by atomic mass is 16.6. The Morgan fingerprint density at radius 2 is 0.506 bits per heavy atom. The molecule has 0 aromatic heterocycles. The minimum atomic E-state index is -0.790. The van der Waals surface area contributed by atoms with Crippen LogP contribution in [0.25, 0.3) is 0 Å². The molecule has 0 aromatic carbocycles. The van der Waals surface area contributed by atoms with Gasteiger partial charge in [-0.05, 0) is 109 Å². The minimum absolute atomic E-state index is 0.0844. The second-order valence-electron chi connectivity index (χ2n) is 21.3. The summed E-state index contributed by atoms with van der Waals surface area (Å²) in [6, 6.07) is 0. The molecule has 0 aromatic rings. The number of unbranched alkanes of at least 4 members (excludes halogenated alkanes) is 29. The molecule has 0 saturated heterocycles. The molecule has 77 heavy (non-hydrogen) atoms. The summed E-state index contributed by atoms with van der Waals surface area (Å²) in [6.07, 6.45) is 88.0. The Labute approximate surface area is 476 Å². The summed E-state index contributed by atoms with van der Waals surface area (Å²) in [6.45, 7) is 6.50. The van der Waals surface area contributed by atoms with Crippen molar-refractivity contribution in [2.75, 3.05) is 13.2 Å². The van der Waals surface area contributed by atoms with Crippen LogP contribution >= 0.6 is 0 Å². The molecule has 0 N–H and O–H groups in total. The molecular formula is C71H120O6. The van der Waals surface area contributed by atoms with Crippen molar-refractivity contribution in [2.45, 2.75) is 309 Å². The molecule has 0 bridgehead atoms. The zero-order valence-corrected chi connectivity index (χ0v) is 50.4. The second-order valence-corrected chi connectivity index (χ2v) is 21.3. The molecule has 1 unspecified atom stereocenters. The number of hydrogen-bond acceptors (Lipinski definition) is 6. The molecule has 0 saturated carbocycles. The van der Waals surface area contributed by atoms with Gasteiger partial charge in [-0.2, -0.15) is 0 Å². The van der Waals surface area contributed by atoms with Crippen molar-refractivity contribution in [2.24, 2.45) is 0 Å². The summed E-state index contributed by atoms with van der Waals surface area (Å²) >= 11 is 0. The lowest BCUT2D eigenvalue weighted by Crippen LogP contribution is -2.30. The van der Waals surface area contributed by atoms with E-state index in [2.05, 4.69) is 130 Å². The van der Waals surface area contributed by atoms with Crippen LogP contribution in [0.5, 0.6) is 0 Å². The van der Waals surface area contributed by atoms with Gasteiger partial charge in [0.1, 0.15) is 13.2 Å². The van der Waals surface area contributed by atoms with Crippen LogP contribution in [0.2, 0.25) is 0 Å². The molecule has 0 aliphatic heterocycles. The quantitative estimate of drug-likeness (QED) is 0.0261. The van der Waals surface area contributed by atoms with E-state index in [4.69, 9.17) is 14.2 Å². The average molecular weight is 1070 g/mol. The van der Waals surface area contributed by atoms with Gasteiger partial charge >= 0.3 is 17.9 Å². The largest absolute Gasteiger partial charge is 0.462 e. The van der Waals surface area contributed by atoms with Gasteiger partial charge in [0.05, 0.1) is 0 Å². The van der Waals surface area contributed by atoms with E-state index in [0.29, 0.717) is 19.3 Å². The van der Waals surface area contributed by atoms with Crippen molar-refractivity contribution in [1.82, 2.24) is 0 Å². The third-order valence-corrected chi connectivity index (χ3v) is 13.8. The number of rotatable bonds is 58. The van der Waals surface area contributed by atoms with E-state index >= 15 is 0 Å². The van der Waals surface area contributed by atoms with Crippen molar-refractivity contribution in [1.29, 1.82) is 0 Å². The van der Waals surface area contributed by atoms with E-state index in [0.717, 1.165) is 128 Å². The summed E-state index contributed by atoms with van der Waals surface area (Å²) in [5.74, 6) is -0.900. The van der Waals surface area contributed by atoms with Gasteiger partial charge in [0.2, 0.25) is 0 Å². The Hall–Kier alpha value is -3.93. The first-order chi connectivity index (χ1) is 38.0. The summed E-state index contributed by atoms with van der Waals surface area (Å²) in [5, 5.41) is 0. The zero-order valence-electron chi connectivity index (χ0n) is 50.4. The number of carbonyl (C=O) groups is 3. The molecule has 6 heteroatoms. The van der Waals surface area contributed by atoms with Crippen LogP contribution in [0.4, 0.5) is 0 Å². The van der Waals surface area contributed by atoms with Gasteiger partial charge in [-0.15, -0.1) is 0 Å². The highest BCUT2D eigenvalue weighted by Crippen LogP contribution is 2.16. The lowest BCUT2D eigenvalue weighted by molar-refractivity contribution is -0.167. The van der Waals surface area contributed by atoms with E-state index in [1.165, 1.54) is 135 Å². The Morgan fingerprint density at radius 3 is 0.818 bits per heavy atom. The number of carbonyl (C=O) groups excluding carboxylic acids is 3. The van der Waals surface area contributed by atoms with Crippen molar-refractivity contribution in [3.05, 3.63) is 109 Å². The molecule has 0 fully saturated rings. The Morgan fingerprint density at radius 1 is 0.273 bits per heavy atom. The van der Waals surface area contributed by atoms with E-state index in [-0.39, 0.29) is 31.1 Å². The van der Waals surface area contributed by atoms with Crippen LogP contribution in [0, 0.1) is 0 Å². The minimum Gasteiger partial charge on any atom is -0.462 e. The van der Waals surface area contributed by atoms with Gasteiger partial charge in [-0.1, -0.05) is 284 Å². The van der Waals surface area contributed by atoms with Crippen molar-refractivity contribution in [3.63, 3.8) is 0 Å². The van der Waals surface area contributed by atoms with E-state index in [9.17, 15) is 14.4 Å². The molecule has 0 heterocycles. The average Bonchev–Trinajstić information content (AvgIpc) is 3.43. The molecule has 0 rings (SSSR count). The maximum Gasteiger partial charge on any atom is 0.306 e. The number of allylic oxidation sites excluding steroid dienone is 18. The smallest absolute Gasteiger partial charge is 0.306 e. The molecular weight excluding hydrogens is 949 g/mol. The standard InChI is InChI=1S/C71H120O6/c1-4-7-10-13-16-19-22-25-27-29-31-32-33-34-35-36-37-38-40-41-43-46-49-52-55-58-61-64-70(73)76-67-68(66-75-69(72)63-60-57-54-51-48-45-24-21-18-15-12-9-6-3)77-71(74)65-62-59-56-53-50-47-44-42-39-30-28-26-23-20-17-14-11-8-5-2/h7,10,16-17,19-20,25-28,31-32,34-35,37-38,41,43,68H,4-6,8-9,11-15,18,21-24,29-30,33,36,39-40,42,44-67H2,1-3H3/b10-7-,19-16-,20-17-,27-25-,28-26-,32-31-,35-34-,38-37-,43-41-. The molecule has 0 spiro atoms. The lowest BCUT2D eigenvalue weighted by Gasteiger charge is -2.18. The van der Waals surface area contributed by atoms with Gasteiger partial charge in [0.15, 0.2) is 6.10 Å². The summed E-state index contributed by atoms with van der Waals surface area (Å²) < 4.78 is 16.9. The first kappa shape index (κ1) is 73.1. The maximum atomic E-state index is 12.9. The SMILES string of the molecule is CC/C=C\C/C=C\C/C=C\C/C=C\C/C=C\C/C=C\C/C=C\CCCCCCCC(=O)OCC(COC(=O)CCCCCCCCCCCCCCC)OC(=O)CCCCCCCCCCC/C=C\C/C=C\CCCCC.